The molecule has 1 amide bonds. The third-order valence-corrected chi connectivity index (χ3v) is 6.95. The van der Waals surface area contributed by atoms with E-state index in [0.29, 0.717) is 18.3 Å². The van der Waals surface area contributed by atoms with Crippen molar-refractivity contribution >= 4 is 5.91 Å². The largest absolute Gasteiger partial charge is 0.497 e. The van der Waals surface area contributed by atoms with E-state index in [1.807, 2.05) is 12.1 Å². The smallest absolute Gasteiger partial charge is 0.230 e. The van der Waals surface area contributed by atoms with Crippen molar-refractivity contribution < 1.29 is 14.1 Å². The van der Waals surface area contributed by atoms with Gasteiger partial charge in [-0.25, -0.2) is 0 Å². The second kappa shape index (κ2) is 9.58. The van der Waals surface area contributed by atoms with Crippen LogP contribution in [-0.4, -0.2) is 41.1 Å². The van der Waals surface area contributed by atoms with Gasteiger partial charge in [0.2, 0.25) is 11.8 Å². The molecule has 0 bridgehead atoms. The third kappa shape index (κ3) is 4.57. The number of amides is 1. The van der Waals surface area contributed by atoms with Crippen LogP contribution in [0.1, 0.15) is 54.1 Å². The molecular formula is C27H32N4O3. The number of aryl methyl sites for hydroxylation is 1. The fourth-order valence-corrected chi connectivity index (χ4v) is 5.07. The first-order valence-corrected chi connectivity index (χ1v) is 12.2. The summed E-state index contributed by atoms with van der Waals surface area (Å²) in [6.07, 6.45) is 2.91. The Balaban J connectivity index is 1.36. The standard InChI is InChI=1S/C27H32N4O3/c1-4-11-31-12-10-22-21(18-6-5-7-20(13-18)33-3)9-8-19(25(22)16-31)15-28-26(32)23-14-24(23)27-29-17(2)30-34-27/h5-9,13,23-24H,4,10-12,14-16H2,1-3H3,(H,28,32). The lowest BCUT2D eigenvalue weighted by atomic mass is 9.87. The molecular weight excluding hydrogens is 428 g/mol. The minimum absolute atomic E-state index is 0.0468. The molecule has 7 heteroatoms. The number of hydrogen-bond acceptors (Lipinski definition) is 6. The van der Waals surface area contributed by atoms with E-state index in [9.17, 15) is 4.79 Å². The van der Waals surface area contributed by atoms with Crippen molar-refractivity contribution in [1.29, 1.82) is 0 Å². The maximum Gasteiger partial charge on any atom is 0.230 e. The molecule has 0 radical (unpaired) electrons. The van der Waals surface area contributed by atoms with Crippen LogP contribution < -0.4 is 10.1 Å². The molecule has 3 aromatic rings. The molecule has 178 valence electrons. The number of carbonyl (C=O) groups excluding carboxylic acids is 1. The van der Waals surface area contributed by atoms with Crippen LogP contribution in [0.5, 0.6) is 5.75 Å². The monoisotopic (exact) mass is 460 g/mol. The number of ether oxygens (including phenoxy) is 1. The number of nitrogens with zero attached hydrogens (tertiary/aromatic N) is 3. The Labute approximate surface area is 200 Å². The van der Waals surface area contributed by atoms with Crippen molar-refractivity contribution in [2.45, 2.75) is 52.1 Å². The summed E-state index contributed by atoms with van der Waals surface area (Å²) in [5.41, 5.74) is 6.36. The Morgan fingerprint density at radius 3 is 2.91 bits per heavy atom. The van der Waals surface area contributed by atoms with Gasteiger partial charge in [-0.15, -0.1) is 0 Å². The predicted octanol–water partition coefficient (Wildman–Crippen LogP) is 4.24. The maximum absolute atomic E-state index is 12.8. The second-order valence-electron chi connectivity index (χ2n) is 9.33. The number of carbonyl (C=O) groups is 1. The van der Waals surface area contributed by atoms with Crippen molar-refractivity contribution in [1.82, 2.24) is 20.4 Å². The van der Waals surface area contributed by atoms with E-state index >= 15 is 0 Å². The van der Waals surface area contributed by atoms with Crippen LogP contribution in [0, 0.1) is 12.8 Å². The number of rotatable bonds is 8. The highest BCUT2D eigenvalue weighted by atomic mass is 16.5. The fourth-order valence-electron chi connectivity index (χ4n) is 5.07. The average molecular weight is 461 g/mol. The average Bonchev–Trinajstić information content (AvgIpc) is 3.55. The SMILES string of the molecule is CCCN1CCc2c(-c3cccc(OC)c3)ccc(CNC(=O)C3CC3c3nc(C)no3)c2C1. The Kier molecular flexibility index (Phi) is 6.37. The molecule has 7 nitrogen and oxygen atoms in total. The van der Waals surface area contributed by atoms with E-state index < -0.39 is 0 Å². The Morgan fingerprint density at radius 2 is 2.15 bits per heavy atom. The molecule has 1 aliphatic heterocycles. The van der Waals surface area contributed by atoms with Crippen molar-refractivity contribution in [3.8, 4) is 16.9 Å². The van der Waals surface area contributed by atoms with Gasteiger partial charge in [0.05, 0.1) is 18.9 Å². The molecule has 1 fully saturated rings. The van der Waals surface area contributed by atoms with Crippen LogP contribution in [0.4, 0.5) is 0 Å². The van der Waals surface area contributed by atoms with Crippen molar-refractivity contribution in [2.24, 2.45) is 5.92 Å². The minimum atomic E-state index is -0.0803. The zero-order chi connectivity index (χ0) is 23.7. The lowest BCUT2D eigenvalue weighted by molar-refractivity contribution is -0.122. The number of benzene rings is 2. The quantitative estimate of drug-likeness (QED) is 0.542. The molecule has 2 atom stereocenters. The number of methoxy groups -OCH3 is 1. The van der Waals surface area contributed by atoms with Gasteiger partial charge in [0, 0.05) is 19.6 Å². The number of nitrogens with one attached hydrogen (secondary N) is 1. The summed E-state index contributed by atoms with van der Waals surface area (Å²) in [5.74, 6) is 2.08. The van der Waals surface area contributed by atoms with Gasteiger partial charge >= 0.3 is 0 Å². The van der Waals surface area contributed by atoms with Crippen molar-refractivity contribution in [3.05, 3.63) is 64.8 Å². The summed E-state index contributed by atoms with van der Waals surface area (Å²) in [5, 5.41) is 7.02. The van der Waals surface area contributed by atoms with E-state index in [1.54, 1.807) is 14.0 Å². The third-order valence-electron chi connectivity index (χ3n) is 6.95. The fraction of sp³-hybridized carbons (Fsp3) is 0.444. The molecule has 1 saturated carbocycles. The molecule has 1 N–H and O–H groups in total. The zero-order valence-electron chi connectivity index (χ0n) is 20.1. The zero-order valence-corrected chi connectivity index (χ0v) is 20.1. The van der Waals surface area contributed by atoms with E-state index in [2.05, 4.69) is 51.5 Å². The molecule has 1 aromatic heterocycles. The molecule has 2 aromatic carbocycles. The van der Waals surface area contributed by atoms with E-state index in [4.69, 9.17) is 9.26 Å². The summed E-state index contributed by atoms with van der Waals surface area (Å²) in [6, 6.07) is 12.6. The van der Waals surface area contributed by atoms with E-state index in [-0.39, 0.29) is 17.7 Å². The summed E-state index contributed by atoms with van der Waals surface area (Å²) in [7, 11) is 1.70. The van der Waals surface area contributed by atoms with Gasteiger partial charge in [-0.05, 0) is 72.7 Å². The highest BCUT2D eigenvalue weighted by molar-refractivity contribution is 5.82. The van der Waals surface area contributed by atoms with Gasteiger partial charge in [-0.1, -0.05) is 36.3 Å². The van der Waals surface area contributed by atoms with Crippen molar-refractivity contribution in [3.63, 3.8) is 0 Å². The Bertz CT molecular complexity index is 1190. The first-order chi connectivity index (χ1) is 16.6. The first-order valence-electron chi connectivity index (χ1n) is 12.2. The Hall–Kier alpha value is -3.19. The molecule has 34 heavy (non-hydrogen) atoms. The van der Waals surface area contributed by atoms with E-state index in [1.165, 1.54) is 27.8 Å². The van der Waals surface area contributed by atoms with Crippen LogP contribution in [0.25, 0.3) is 11.1 Å². The molecule has 2 unspecified atom stereocenters. The number of fused-ring (bicyclic) bond motifs is 1. The number of aromatic nitrogens is 2. The molecule has 0 spiro atoms. The second-order valence-corrected chi connectivity index (χ2v) is 9.33. The topological polar surface area (TPSA) is 80.5 Å². The van der Waals surface area contributed by atoms with Crippen molar-refractivity contribution in [2.75, 3.05) is 20.2 Å². The summed E-state index contributed by atoms with van der Waals surface area (Å²) >= 11 is 0. The highest BCUT2D eigenvalue weighted by Gasteiger charge is 2.47. The van der Waals surface area contributed by atoms with Crippen LogP contribution in [0.15, 0.2) is 40.9 Å². The molecule has 2 aliphatic rings. The molecule has 0 saturated heterocycles. The first kappa shape index (κ1) is 22.6. The van der Waals surface area contributed by atoms with Crippen LogP contribution >= 0.6 is 0 Å². The van der Waals surface area contributed by atoms with Gasteiger partial charge in [0.25, 0.3) is 0 Å². The maximum atomic E-state index is 12.8. The summed E-state index contributed by atoms with van der Waals surface area (Å²) in [4.78, 5) is 19.6. The number of hydrogen-bond donors (Lipinski definition) is 1. The van der Waals surface area contributed by atoms with Gasteiger partial charge in [0.15, 0.2) is 5.82 Å². The lowest BCUT2D eigenvalue weighted by Crippen LogP contribution is -2.33. The molecule has 5 rings (SSSR count). The molecule has 1 aliphatic carbocycles. The molecule has 2 heterocycles. The van der Waals surface area contributed by atoms with Gasteiger partial charge in [-0.2, -0.15) is 4.98 Å². The van der Waals surface area contributed by atoms with Gasteiger partial charge < -0.3 is 14.6 Å². The van der Waals surface area contributed by atoms with Crippen LogP contribution in [-0.2, 0) is 24.3 Å². The van der Waals surface area contributed by atoms with Crippen LogP contribution in [0.2, 0.25) is 0 Å². The predicted molar refractivity (Wildman–Crippen MR) is 129 cm³/mol. The lowest BCUT2D eigenvalue weighted by Gasteiger charge is -2.32. The minimum Gasteiger partial charge on any atom is -0.497 e. The Morgan fingerprint density at radius 1 is 1.26 bits per heavy atom. The van der Waals surface area contributed by atoms with Crippen LogP contribution in [0.3, 0.4) is 0 Å². The van der Waals surface area contributed by atoms with Gasteiger partial charge in [-0.3, -0.25) is 9.69 Å². The highest BCUT2D eigenvalue weighted by Crippen LogP contribution is 2.46. The summed E-state index contributed by atoms with van der Waals surface area (Å²) < 4.78 is 10.7. The van der Waals surface area contributed by atoms with Gasteiger partial charge in [0.1, 0.15) is 5.75 Å². The van der Waals surface area contributed by atoms with E-state index in [0.717, 1.165) is 44.6 Å². The summed E-state index contributed by atoms with van der Waals surface area (Å²) in [6.45, 7) is 7.61. The normalized spacial score (nSPS) is 19.5.